The van der Waals surface area contributed by atoms with E-state index in [1.54, 1.807) is 11.3 Å². The van der Waals surface area contributed by atoms with E-state index >= 15 is 0 Å². The van der Waals surface area contributed by atoms with Crippen molar-refractivity contribution in [3.8, 4) is 0 Å². The van der Waals surface area contributed by atoms with Crippen molar-refractivity contribution in [3.05, 3.63) is 21.2 Å². The molecule has 7 heteroatoms. The van der Waals surface area contributed by atoms with E-state index in [9.17, 15) is 9.90 Å². The van der Waals surface area contributed by atoms with E-state index in [1.165, 1.54) is 19.3 Å². The highest BCUT2D eigenvalue weighted by Crippen LogP contribution is 2.39. The molecule has 5 nitrogen and oxygen atoms in total. The lowest BCUT2D eigenvalue weighted by Gasteiger charge is -2.27. The van der Waals surface area contributed by atoms with E-state index in [2.05, 4.69) is 32.8 Å². The maximum Gasteiger partial charge on any atom is 0.355 e. The molecular formula is C18H23BrN2O3S. The lowest BCUT2D eigenvalue weighted by molar-refractivity contribution is 0.0690. The third kappa shape index (κ3) is 4.57. The van der Waals surface area contributed by atoms with Crippen molar-refractivity contribution in [1.29, 1.82) is 0 Å². The van der Waals surface area contributed by atoms with Crippen molar-refractivity contribution in [2.45, 2.75) is 51.4 Å². The first kappa shape index (κ1) is 18.7. The summed E-state index contributed by atoms with van der Waals surface area (Å²) >= 11 is 4.92. The lowest BCUT2D eigenvalue weighted by atomic mass is 9.83. The molecular weight excluding hydrogens is 404 g/mol. The second-order valence-electron chi connectivity index (χ2n) is 6.64. The number of aromatic nitrogens is 2. The number of hydrogen-bond acceptors (Lipinski definition) is 5. The third-order valence-electron chi connectivity index (χ3n) is 4.75. The van der Waals surface area contributed by atoms with Crippen molar-refractivity contribution < 1.29 is 14.6 Å². The molecule has 1 aliphatic rings. The average Bonchev–Trinajstić information content (AvgIpc) is 3.01. The van der Waals surface area contributed by atoms with Crippen molar-refractivity contribution >= 4 is 43.6 Å². The Morgan fingerprint density at radius 1 is 1.36 bits per heavy atom. The van der Waals surface area contributed by atoms with Gasteiger partial charge in [-0.1, -0.05) is 13.3 Å². The predicted octanol–water partition coefficient (Wildman–Crippen LogP) is 5.24. The van der Waals surface area contributed by atoms with E-state index in [4.69, 9.17) is 4.74 Å². The van der Waals surface area contributed by atoms with Gasteiger partial charge in [0.25, 0.3) is 0 Å². The molecule has 1 fully saturated rings. The third-order valence-corrected chi connectivity index (χ3v) is 6.51. The zero-order valence-electron chi connectivity index (χ0n) is 14.3. The van der Waals surface area contributed by atoms with Crippen LogP contribution in [0.5, 0.6) is 0 Å². The van der Waals surface area contributed by atoms with Crippen LogP contribution in [0.1, 0.15) is 66.9 Å². The molecule has 0 aromatic carbocycles. The van der Waals surface area contributed by atoms with Crippen molar-refractivity contribution in [1.82, 2.24) is 9.97 Å². The number of hydrogen-bond donors (Lipinski definition) is 1. The molecule has 1 N–H and O–H groups in total. The Hall–Kier alpha value is -1.05. The average molecular weight is 427 g/mol. The van der Waals surface area contributed by atoms with E-state index in [0.717, 1.165) is 42.2 Å². The molecule has 0 atom stereocenters. The summed E-state index contributed by atoms with van der Waals surface area (Å²) in [6, 6.07) is 1.82. The number of fused-ring (bicyclic) bond motifs is 1. The Bertz CT molecular complexity index is 741. The van der Waals surface area contributed by atoms with Crippen LogP contribution < -0.4 is 0 Å². The normalized spacial score (nSPS) is 20.9. The highest BCUT2D eigenvalue weighted by Gasteiger charge is 2.25. The zero-order chi connectivity index (χ0) is 17.8. The molecule has 3 rings (SSSR count). The Labute approximate surface area is 160 Å². The minimum absolute atomic E-state index is 0.0253. The van der Waals surface area contributed by atoms with Crippen LogP contribution in [0, 0.1) is 5.92 Å². The Kier molecular flexibility index (Phi) is 6.41. The van der Waals surface area contributed by atoms with Crippen LogP contribution in [0.2, 0.25) is 0 Å². The molecule has 0 spiro atoms. The second kappa shape index (κ2) is 8.56. The molecule has 25 heavy (non-hydrogen) atoms. The maximum absolute atomic E-state index is 11.2. The number of carbonyl (C=O) groups is 1. The summed E-state index contributed by atoms with van der Waals surface area (Å²) in [5.74, 6) is 0.0819. The number of thiazole rings is 1. The molecule has 0 radical (unpaired) electrons. The van der Waals surface area contributed by atoms with Crippen LogP contribution in [0.25, 0.3) is 10.3 Å². The Morgan fingerprint density at radius 2 is 2.12 bits per heavy atom. The highest BCUT2D eigenvalue weighted by atomic mass is 79.9. The molecule has 2 aromatic heterocycles. The van der Waals surface area contributed by atoms with Crippen LogP contribution in [-0.2, 0) is 4.74 Å². The van der Waals surface area contributed by atoms with E-state index < -0.39 is 5.97 Å². The summed E-state index contributed by atoms with van der Waals surface area (Å²) in [6.45, 7) is 3.93. The molecule has 136 valence electrons. The summed E-state index contributed by atoms with van der Waals surface area (Å²) in [5.41, 5.74) is 0.572. The number of carboxylic acid groups (broad SMARTS) is 1. The molecule has 0 bridgehead atoms. The van der Waals surface area contributed by atoms with E-state index in [1.807, 2.05) is 6.07 Å². The fourth-order valence-corrected chi connectivity index (χ4v) is 5.01. The summed E-state index contributed by atoms with van der Waals surface area (Å²) in [7, 11) is 0. The van der Waals surface area contributed by atoms with Crippen molar-refractivity contribution in [3.63, 3.8) is 0 Å². The second-order valence-corrected chi connectivity index (χ2v) is 8.56. The van der Waals surface area contributed by atoms with Crippen LogP contribution in [0.3, 0.4) is 0 Å². The number of halogens is 1. The van der Waals surface area contributed by atoms with Gasteiger partial charge in [-0.3, -0.25) is 0 Å². The van der Waals surface area contributed by atoms with Crippen LogP contribution >= 0.6 is 27.3 Å². The van der Waals surface area contributed by atoms with Gasteiger partial charge in [0.05, 0.1) is 14.2 Å². The number of rotatable bonds is 7. The summed E-state index contributed by atoms with van der Waals surface area (Å²) < 4.78 is 7.22. The SMILES string of the molecule is CCCCOC[C@H]1CC[C@H](c2nc3nc(C(=O)O)c(Br)cc3s2)CC1. The molecule has 0 aliphatic heterocycles. The van der Waals surface area contributed by atoms with Crippen LogP contribution in [0.15, 0.2) is 10.5 Å². The van der Waals surface area contributed by atoms with Gasteiger partial charge in [-0.2, -0.15) is 0 Å². The summed E-state index contributed by atoms with van der Waals surface area (Å²) in [4.78, 5) is 20.0. The molecule has 2 aromatic rings. The van der Waals surface area contributed by atoms with Crippen LogP contribution in [0.4, 0.5) is 0 Å². The maximum atomic E-state index is 11.2. The number of pyridine rings is 1. The number of unbranched alkanes of at least 4 members (excludes halogenated alkanes) is 1. The van der Waals surface area contributed by atoms with Gasteiger partial charge >= 0.3 is 5.97 Å². The van der Waals surface area contributed by atoms with Gasteiger partial charge in [-0.05, 0) is 60.0 Å². The Balaban J connectivity index is 1.62. The Morgan fingerprint density at radius 3 is 2.80 bits per heavy atom. The first-order chi connectivity index (χ1) is 12.1. The summed E-state index contributed by atoms with van der Waals surface area (Å²) in [6.07, 6.45) is 6.90. The first-order valence-electron chi connectivity index (χ1n) is 8.86. The predicted molar refractivity (Wildman–Crippen MR) is 103 cm³/mol. The topological polar surface area (TPSA) is 72.3 Å². The smallest absolute Gasteiger partial charge is 0.355 e. The van der Waals surface area contributed by atoms with Gasteiger partial charge in [0.15, 0.2) is 11.3 Å². The van der Waals surface area contributed by atoms with Gasteiger partial charge in [0, 0.05) is 19.1 Å². The number of nitrogens with zero attached hydrogens (tertiary/aromatic N) is 2. The van der Waals surface area contributed by atoms with Gasteiger partial charge < -0.3 is 9.84 Å². The quantitative estimate of drug-likeness (QED) is 0.612. The number of aromatic carboxylic acids is 1. The monoisotopic (exact) mass is 426 g/mol. The molecule has 1 aliphatic carbocycles. The largest absolute Gasteiger partial charge is 0.476 e. The van der Waals surface area contributed by atoms with E-state index in [-0.39, 0.29) is 5.69 Å². The molecule has 0 saturated heterocycles. The number of carboxylic acids is 1. The lowest BCUT2D eigenvalue weighted by Crippen LogP contribution is -2.18. The van der Waals surface area contributed by atoms with Gasteiger partial charge in [0.2, 0.25) is 0 Å². The molecule has 1 saturated carbocycles. The standard InChI is InChI=1S/C18H23BrN2O3S/c1-2-3-8-24-10-11-4-6-12(7-5-11)17-21-16-14(25-17)9-13(19)15(20-16)18(22)23/h9,11-12H,2-8,10H2,1H3,(H,22,23)/t11-,12-. The van der Waals surface area contributed by atoms with Gasteiger partial charge in [-0.25, -0.2) is 14.8 Å². The molecule has 0 amide bonds. The van der Waals surface area contributed by atoms with Crippen LogP contribution in [-0.4, -0.2) is 34.3 Å². The fraction of sp³-hybridized carbons (Fsp3) is 0.611. The van der Waals surface area contributed by atoms with E-state index in [0.29, 0.717) is 22.0 Å². The minimum atomic E-state index is -1.04. The van der Waals surface area contributed by atoms with Gasteiger partial charge in [0.1, 0.15) is 0 Å². The van der Waals surface area contributed by atoms with Crippen molar-refractivity contribution in [2.24, 2.45) is 5.92 Å². The highest BCUT2D eigenvalue weighted by molar-refractivity contribution is 9.10. The number of ether oxygens (including phenoxy) is 1. The molecule has 2 heterocycles. The fourth-order valence-electron chi connectivity index (χ4n) is 3.25. The first-order valence-corrected chi connectivity index (χ1v) is 10.5. The molecule has 0 unspecified atom stereocenters. The zero-order valence-corrected chi connectivity index (χ0v) is 16.7. The minimum Gasteiger partial charge on any atom is -0.476 e. The summed E-state index contributed by atoms with van der Waals surface area (Å²) in [5, 5.41) is 10.3. The van der Waals surface area contributed by atoms with Gasteiger partial charge in [-0.15, -0.1) is 11.3 Å². The van der Waals surface area contributed by atoms with Crippen molar-refractivity contribution in [2.75, 3.05) is 13.2 Å².